The molecular formula is C20H24BrNO2. The lowest BCUT2D eigenvalue weighted by Crippen LogP contribution is -2.36. The smallest absolute Gasteiger partial charge is 0.311 e. The Morgan fingerprint density at radius 2 is 1.54 bits per heavy atom. The van der Waals surface area contributed by atoms with Crippen molar-refractivity contribution in [2.45, 2.75) is 25.3 Å². The Balaban J connectivity index is 0.00000208. The monoisotopic (exact) mass is 389 g/mol. The van der Waals surface area contributed by atoms with E-state index in [9.17, 15) is 9.90 Å². The first-order valence-electron chi connectivity index (χ1n) is 8.28. The van der Waals surface area contributed by atoms with Crippen molar-refractivity contribution in [2.24, 2.45) is 5.92 Å². The maximum atomic E-state index is 11.8. The molecule has 0 bridgehead atoms. The van der Waals surface area contributed by atoms with Gasteiger partial charge in [-0.1, -0.05) is 60.7 Å². The number of hydrogen-bond acceptors (Lipinski definition) is 2. The first-order chi connectivity index (χ1) is 11.2. The summed E-state index contributed by atoms with van der Waals surface area (Å²) in [6.45, 7) is 2.89. The second-order valence-corrected chi connectivity index (χ2v) is 6.33. The highest BCUT2D eigenvalue weighted by Gasteiger charge is 2.32. The van der Waals surface area contributed by atoms with E-state index >= 15 is 0 Å². The van der Waals surface area contributed by atoms with Crippen LogP contribution in [0.5, 0.6) is 0 Å². The number of nitrogens with zero attached hydrogens (tertiary/aromatic N) is 1. The van der Waals surface area contributed by atoms with Crippen molar-refractivity contribution in [3.05, 3.63) is 71.8 Å². The lowest BCUT2D eigenvalue weighted by molar-refractivity contribution is -0.140. The Morgan fingerprint density at radius 1 is 1.00 bits per heavy atom. The summed E-state index contributed by atoms with van der Waals surface area (Å²) < 4.78 is 0. The molecule has 1 N–H and O–H groups in total. The molecule has 3 rings (SSSR count). The van der Waals surface area contributed by atoms with Gasteiger partial charge in [0.25, 0.3) is 0 Å². The Hall–Kier alpha value is -1.65. The summed E-state index contributed by atoms with van der Waals surface area (Å²) in [6.07, 6.45) is 1.89. The molecule has 0 radical (unpaired) electrons. The van der Waals surface area contributed by atoms with Crippen LogP contribution < -0.4 is 0 Å². The first-order valence-corrected chi connectivity index (χ1v) is 8.28. The van der Waals surface area contributed by atoms with E-state index in [1.54, 1.807) is 0 Å². The molecule has 128 valence electrons. The second kappa shape index (κ2) is 9.00. The molecule has 3 nitrogen and oxygen atoms in total. The van der Waals surface area contributed by atoms with E-state index in [1.807, 2.05) is 36.4 Å². The van der Waals surface area contributed by atoms with Crippen molar-refractivity contribution in [1.82, 2.24) is 4.90 Å². The quantitative estimate of drug-likeness (QED) is 0.826. The number of rotatable bonds is 5. The molecule has 1 atom stereocenters. The van der Waals surface area contributed by atoms with Gasteiger partial charge in [-0.15, -0.1) is 17.0 Å². The summed E-state index contributed by atoms with van der Waals surface area (Å²) in [7, 11) is 0. The lowest BCUT2D eigenvalue weighted by atomic mass is 9.80. The van der Waals surface area contributed by atoms with Crippen molar-refractivity contribution in [3.8, 4) is 0 Å². The summed E-state index contributed by atoms with van der Waals surface area (Å²) in [4.78, 5) is 14.2. The highest BCUT2D eigenvalue weighted by atomic mass is 79.9. The number of benzene rings is 2. The summed E-state index contributed by atoms with van der Waals surface area (Å²) >= 11 is 0. The Kier molecular flexibility index (Phi) is 7.00. The molecule has 2 aromatic rings. The van der Waals surface area contributed by atoms with Crippen LogP contribution in [0.2, 0.25) is 0 Å². The molecular weight excluding hydrogens is 366 g/mol. The van der Waals surface area contributed by atoms with Gasteiger partial charge in [-0.3, -0.25) is 9.69 Å². The third-order valence-electron chi connectivity index (χ3n) is 4.78. The zero-order valence-corrected chi connectivity index (χ0v) is 15.4. The Labute approximate surface area is 154 Å². The molecule has 0 aromatic heterocycles. The zero-order valence-electron chi connectivity index (χ0n) is 13.7. The number of hydrogen-bond donors (Lipinski definition) is 1. The van der Waals surface area contributed by atoms with Crippen LogP contribution in [-0.2, 0) is 11.3 Å². The molecule has 0 amide bonds. The summed E-state index contributed by atoms with van der Waals surface area (Å²) in [5, 5.41) is 9.67. The van der Waals surface area contributed by atoms with Crippen molar-refractivity contribution >= 4 is 23.0 Å². The topological polar surface area (TPSA) is 40.5 Å². The zero-order chi connectivity index (χ0) is 16.1. The van der Waals surface area contributed by atoms with Crippen molar-refractivity contribution in [1.29, 1.82) is 0 Å². The van der Waals surface area contributed by atoms with Crippen LogP contribution in [0.4, 0.5) is 0 Å². The van der Waals surface area contributed by atoms with Crippen LogP contribution in [-0.4, -0.2) is 29.1 Å². The van der Waals surface area contributed by atoms with Gasteiger partial charge in [0.2, 0.25) is 0 Å². The number of aliphatic carboxylic acids is 1. The van der Waals surface area contributed by atoms with Crippen LogP contribution >= 0.6 is 17.0 Å². The van der Waals surface area contributed by atoms with Gasteiger partial charge < -0.3 is 5.11 Å². The maximum Gasteiger partial charge on any atom is 0.311 e. The summed E-state index contributed by atoms with van der Waals surface area (Å²) in [6, 6.07) is 20.1. The highest BCUT2D eigenvalue weighted by molar-refractivity contribution is 8.93. The number of piperidine rings is 1. The second-order valence-electron chi connectivity index (χ2n) is 6.33. The molecule has 1 saturated heterocycles. The maximum absolute atomic E-state index is 11.8. The van der Waals surface area contributed by atoms with Crippen LogP contribution in [0.1, 0.15) is 29.9 Å². The SMILES string of the molecule is Br.O=C(O)C(c1ccccc1)C1CCN(Cc2ccccc2)CC1. The van der Waals surface area contributed by atoms with Crippen LogP contribution in [0, 0.1) is 5.92 Å². The Bertz CT molecular complexity index is 625. The van der Waals surface area contributed by atoms with Gasteiger partial charge in [0.05, 0.1) is 5.92 Å². The molecule has 1 aliphatic rings. The van der Waals surface area contributed by atoms with Gasteiger partial charge in [0.15, 0.2) is 0 Å². The third-order valence-corrected chi connectivity index (χ3v) is 4.78. The molecule has 1 aliphatic heterocycles. The molecule has 0 aliphatic carbocycles. The number of carboxylic acids is 1. The summed E-state index contributed by atoms with van der Waals surface area (Å²) in [5.41, 5.74) is 2.25. The minimum Gasteiger partial charge on any atom is -0.481 e. The average molecular weight is 390 g/mol. The van der Waals surface area contributed by atoms with Crippen LogP contribution in [0.15, 0.2) is 60.7 Å². The van der Waals surface area contributed by atoms with E-state index < -0.39 is 5.97 Å². The number of carbonyl (C=O) groups is 1. The molecule has 2 aromatic carbocycles. The largest absolute Gasteiger partial charge is 0.481 e. The molecule has 1 heterocycles. The summed E-state index contributed by atoms with van der Waals surface area (Å²) in [5.74, 6) is -0.852. The normalized spacial score (nSPS) is 17.0. The fraction of sp³-hybridized carbons (Fsp3) is 0.350. The predicted octanol–water partition coefficient (Wildman–Crippen LogP) is 4.34. The van der Waals surface area contributed by atoms with E-state index in [1.165, 1.54) is 5.56 Å². The van der Waals surface area contributed by atoms with Gasteiger partial charge in [-0.25, -0.2) is 0 Å². The van der Waals surface area contributed by atoms with E-state index in [4.69, 9.17) is 0 Å². The fourth-order valence-corrected chi connectivity index (χ4v) is 3.56. The van der Waals surface area contributed by atoms with E-state index in [0.717, 1.165) is 38.0 Å². The third kappa shape index (κ3) is 4.68. The number of halogens is 1. The lowest BCUT2D eigenvalue weighted by Gasteiger charge is -2.34. The van der Waals surface area contributed by atoms with Gasteiger partial charge in [0, 0.05) is 6.54 Å². The average Bonchev–Trinajstić information content (AvgIpc) is 2.58. The van der Waals surface area contributed by atoms with Crippen molar-refractivity contribution < 1.29 is 9.90 Å². The van der Waals surface area contributed by atoms with Gasteiger partial charge >= 0.3 is 5.97 Å². The Morgan fingerprint density at radius 3 is 2.08 bits per heavy atom. The van der Waals surface area contributed by atoms with Crippen LogP contribution in [0.3, 0.4) is 0 Å². The van der Waals surface area contributed by atoms with Gasteiger partial charge in [-0.2, -0.15) is 0 Å². The minimum atomic E-state index is -0.697. The molecule has 1 fully saturated rings. The van der Waals surface area contributed by atoms with E-state index in [0.29, 0.717) is 0 Å². The highest BCUT2D eigenvalue weighted by Crippen LogP contribution is 2.33. The molecule has 0 spiro atoms. The van der Waals surface area contributed by atoms with Crippen LogP contribution in [0.25, 0.3) is 0 Å². The molecule has 24 heavy (non-hydrogen) atoms. The van der Waals surface area contributed by atoms with Crippen molar-refractivity contribution in [2.75, 3.05) is 13.1 Å². The minimum absolute atomic E-state index is 0. The number of likely N-dealkylation sites (tertiary alicyclic amines) is 1. The predicted molar refractivity (Wildman–Crippen MR) is 102 cm³/mol. The number of carboxylic acid groups (broad SMARTS) is 1. The molecule has 1 unspecified atom stereocenters. The van der Waals surface area contributed by atoms with Gasteiger partial charge in [0.1, 0.15) is 0 Å². The molecule has 0 saturated carbocycles. The van der Waals surface area contributed by atoms with Gasteiger partial charge in [-0.05, 0) is 43.0 Å². The standard InChI is InChI=1S/C20H23NO2.BrH/c22-20(23)19(17-9-5-2-6-10-17)18-11-13-21(14-12-18)15-16-7-3-1-4-8-16;/h1-10,18-19H,11-15H2,(H,22,23);1H. The fourth-order valence-electron chi connectivity index (χ4n) is 3.56. The van der Waals surface area contributed by atoms with E-state index in [2.05, 4.69) is 29.2 Å². The van der Waals surface area contributed by atoms with Crippen molar-refractivity contribution in [3.63, 3.8) is 0 Å². The van der Waals surface area contributed by atoms with E-state index in [-0.39, 0.29) is 28.8 Å². The first kappa shape index (κ1) is 18.7. The molecule has 4 heteroatoms.